The standard InChI is InChI=1S/C23H33N3O3S/c1-23(2,26-10-12-29-13-11-26)18-24-22(27)17-25(16-20-8-6-14-30-20)15-19-7-4-5-9-21(19)28-3/h4-9,14H,10-13,15-18H2,1-3H3,(H,24,27). The van der Waals surface area contributed by atoms with Crippen molar-refractivity contribution in [3.8, 4) is 5.75 Å². The summed E-state index contributed by atoms with van der Waals surface area (Å²) in [5.74, 6) is 0.894. The van der Waals surface area contributed by atoms with E-state index >= 15 is 0 Å². The molecule has 0 unspecified atom stereocenters. The van der Waals surface area contributed by atoms with Crippen LogP contribution in [-0.2, 0) is 22.6 Å². The molecule has 0 spiro atoms. The van der Waals surface area contributed by atoms with Gasteiger partial charge < -0.3 is 14.8 Å². The summed E-state index contributed by atoms with van der Waals surface area (Å²) in [5, 5.41) is 5.22. The summed E-state index contributed by atoms with van der Waals surface area (Å²) in [6.45, 7) is 10.0. The molecule has 0 bridgehead atoms. The number of hydrogen-bond donors (Lipinski definition) is 1. The fraction of sp³-hybridized carbons (Fsp3) is 0.522. The third kappa shape index (κ3) is 6.54. The van der Waals surface area contributed by atoms with Crippen LogP contribution in [0.2, 0.25) is 0 Å². The van der Waals surface area contributed by atoms with Gasteiger partial charge in [-0.2, -0.15) is 0 Å². The van der Waals surface area contributed by atoms with Crippen molar-refractivity contribution in [2.75, 3.05) is 46.5 Å². The zero-order valence-electron chi connectivity index (χ0n) is 18.2. The van der Waals surface area contributed by atoms with Crippen molar-refractivity contribution in [3.63, 3.8) is 0 Å². The number of benzene rings is 1. The summed E-state index contributed by atoms with van der Waals surface area (Å²) in [6.07, 6.45) is 0. The van der Waals surface area contributed by atoms with Crippen molar-refractivity contribution < 1.29 is 14.3 Å². The number of hydrogen-bond acceptors (Lipinski definition) is 6. The highest BCUT2D eigenvalue weighted by molar-refractivity contribution is 7.09. The molecule has 1 fully saturated rings. The Balaban J connectivity index is 1.61. The van der Waals surface area contributed by atoms with Crippen molar-refractivity contribution >= 4 is 17.2 Å². The van der Waals surface area contributed by atoms with Gasteiger partial charge in [-0.1, -0.05) is 24.3 Å². The van der Waals surface area contributed by atoms with Crippen LogP contribution in [0.4, 0.5) is 0 Å². The molecule has 6 nitrogen and oxygen atoms in total. The van der Waals surface area contributed by atoms with Crippen LogP contribution in [0.5, 0.6) is 5.75 Å². The molecule has 1 aliphatic rings. The molecule has 1 aromatic heterocycles. The van der Waals surface area contributed by atoms with Crippen LogP contribution in [0, 0.1) is 0 Å². The Bertz CT molecular complexity index is 789. The summed E-state index contributed by atoms with van der Waals surface area (Å²) >= 11 is 1.71. The number of para-hydroxylation sites is 1. The van der Waals surface area contributed by atoms with Crippen LogP contribution in [0.15, 0.2) is 41.8 Å². The van der Waals surface area contributed by atoms with Gasteiger partial charge in [0, 0.05) is 48.7 Å². The van der Waals surface area contributed by atoms with Gasteiger partial charge in [-0.25, -0.2) is 0 Å². The third-order valence-corrected chi connectivity index (χ3v) is 6.36. The van der Waals surface area contributed by atoms with Gasteiger partial charge in [0.15, 0.2) is 0 Å². The topological polar surface area (TPSA) is 54.0 Å². The molecule has 1 aliphatic heterocycles. The molecular weight excluding hydrogens is 398 g/mol. The molecule has 164 valence electrons. The summed E-state index contributed by atoms with van der Waals surface area (Å²) in [6, 6.07) is 12.1. The zero-order valence-corrected chi connectivity index (χ0v) is 19.0. The summed E-state index contributed by atoms with van der Waals surface area (Å²) in [5.41, 5.74) is 0.985. The number of nitrogens with one attached hydrogen (secondary N) is 1. The van der Waals surface area contributed by atoms with E-state index in [0.717, 1.165) is 44.2 Å². The van der Waals surface area contributed by atoms with E-state index in [1.54, 1.807) is 18.4 Å². The van der Waals surface area contributed by atoms with Gasteiger partial charge in [0.05, 0.1) is 26.9 Å². The fourth-order valence-electron chi connectivity index (χ4n) is 3.72. The molecule has 30 heavy (non-hydrogen) atoms. The summed E-state index contributed by atoms with van der Waals surface area (Å²) in [4.78, 5) is 18.6. The fourth-order valence-corrected chi connectivity index (χ4v) is 4.47. The lowest BCUT2D eigenvalue weighted by atomic mass is 10.0. The first kappa shape index (κ1) is 22.7. The Morgan fingerprint density at radius 3 is 2.67 bits per heavy atom. The number of methoxy groups -OCH3 is 1. The molecule has 3 rings (SSSR count). The van der Waals surface area contributed by atoms with Crippen LogP contribution in [-0.4, -0.2) is 67.7 Å². The van der Waals surface area contributed by atoms with Gasteiger partial charge >= 0.3 is 0 Å². The highest BCUT2D eigenvalue weighted by Gasteiger charge is 2.28. The lowest BCUT2D eigenvalue weighted by molar-refractivity contribution is -0.123. The smallest absolute Gasteiger partial charge is 0.234 e. The number of carbonyl (C=O) groups excluding carboxylic acids is 1. The number of carbonyl (C=O) groups is 1. The first-order valence-corrected chi connectivity index (χ1v) is 11.3. The van der Waals surface area contributed by atoms with Gasteiger partial charge in [-0.15, -0.1) is 11.3 Å². The molecule has 1 aromatic carbocycles. The predicted molar refractivity (Wildman–Crippen MR) is 121 cm³/mol. The molecule has 0 radical (unpaired) electrons. The van der Waals surface area contributed by atoms with E-state index in [4.69, 9.17) is 9.47 Å². The van der Waals surface area contributed by atoms with Gasteiger partial charge in [-0.05, 0) is 31.4 Å². The molecule has 1 N–H and O–H groups in total. The van der Waals surface area contributed by atoms with Gasteiger partial charge in [-0.3, -0.25) is 14.6 Å². The number of thiophene rings is 1. The van der Waals surface area contributed by atoms with E-state index in [-0.39, 0.29) is 11.4 Å². The van der Waals surface area contributed by atoms with Crippen molar-refractivity contribution in [1.29, 1.82) is 0 Å². The van der Waals surface area contributed by atoms with Crippen LogP contribution >= 0.6 is 11.3 Å². The second-order valence-electron chi connectivity index (χ2n) is 8.22. The van der Waals surface area contributed by atoms with Gasteiger partial charge in [0.25, 0.3) is 0 Å². The maximum absolute atomic E-state index is 12.8. The van der Waals surface area contributed by atoms with Crippen LogP contribution in [0.1, 0.15) is 24.3 Å². The molecular formula is C23H33N3O3S. The maximum Gasteiger partial charge on any atom is 0.234 e. The van der Waals surface area contributed by atoms with E-state index in [2.05, 4.69) is 46.5 Å². The molecule has 0 aliphatic carbocycles. The number of ether oxygens (including phenoxy) is 2. The minimum absolute atomic E-state index is 0.0442. The average Bonchev–Trinajstić information content (AvgIpc) is 3.26. The SMILES string of the molecule is COc1ccccc1CN(CC(=O)NCC(C)(C)N1CCOCC1)Cc1cccs1. The number of nitrogens with zero attached hydrogens (tertiary/aromatic N) is 2. The van der Waals surface area contributed by atoms with Crippen molar-refractivity contribution in [2.24, 2.45) is 0 Å². The Morgan fingerprint density at radius 2 is 1.97 bits per heavy atom. The molecule has 2 aromatic rings. The molecule has 1 saturated heterocycles. The van der Waals surface area contributed by atoms with E-state index in [1.165, 1.54) is 4.88 Å². The predicted octanol–water partition coefficient (Wildman–Crippen LogP) is 2.99. The van der Waals surface area contributed by atoms with Crippen LogP contribution < -0.4 is 10.1 Å². The minimum Gasteiger partial charge on any atom is -0.496 e. The monoisotopic (exact) mass is 431 g/mol. The Hall–Kier alpha value is -1.93. The van der Waals surface area contributed by atoms with Crippen molar-refractivity contribution in [3.05, 3.63) is 52.2 Å². The number of morpholine rings is 1. The summed E-state index contributed by atoms with van der Waals surface area (Å²) < 4.78 is 11.0. The van der Waals surface area contributed by atoms with E-state index < -0.39 is 0 Å². The Morgan fingerprint density at radius 1 is 1.20 bits per heavy atom. The average molecular weight is 432 g/mol. The van der Waals surface area contributed by atoms with Gasteiger partial charge in [0.1, 0.15) is 5.75 Å². The second-order valence-corrected chi connectivity index (χ2v) is 9.26. The zero-order chi connectivity index (χ0) is 21.4. The lowest BCUT2D eigenvalue weighted by Gasteiger charge is -2.41. The molecule has 0 atom stereocenters. The summed E-state index contributed by atoms with van der Waals surface area (Å²) in [7, 11) is 1.68. The molecule has 1 amide bonds. The van der Waals surface area contributed by atoms with Gasteiger partial charge in [0.2, 0.25) is 5.91 Å². The quantitative estimate of drug-likeness (QED) is 0.627. The lowest BCUT2D eigenvalue weighted by Crippen LogP contribution is -2.56. The number of amides is 1. The normalized spacial score (nSPS) is 15.3. The minimum atomic E-state index is -0.0966. The Kier molecular flexibility index (Phi) is 8.27. The van der Waals surface area contributed by atoms with Crippen LogP contribution in [0.3, 0.4) is 0 Å². The van der Waals surface area contributed by atoms with E-state index in [9.17, 15) is 4.79 Å². The Labute approximate surface area is 183 Å². The number of rotatable bonds is 10. The van der Waals surface area contributed by atoms with E-state index in [1.807, 2.05) is 24.3 Å². The van der Waals surface area contributed by atoms with Crippen molar-refractivity contribution in [2.45, 2.75) is 32.5 Å². The third-order valence-electron chi connectivity index (χ3n) is 5.50. The highest BCUT2D eigenvalue weighted by atomic mass is 32.1. The van der Waals surface area contributed by atoms with Crippen LogP contribution in [0.25, 0.3) is 0 Å². The van der Waals surface area contributed by atoms with E-state index in [0.29, 0.717) is 19.6 Å². The second kappa shape index (κ2) is 10.9. The largest absolute Gasteiger partial charge is 0.496 e. The first-order valence-electron chi connectivity index (χ1n) is 10.4. The maximum atomic E-state index is 12.8. The van der Waals surface area contributed by atoms with Crippen molar-refractivity contribution in [1.82, 2.24) is 15.1 Å². The first-order chi connectivity index (χ1) is 14.5. The molecule has 7 heteroatoms. The highest BCUT2D eigenvalue weighted by Crippen LogP contribution is 2.21. The molecule has 2 heterocycles. The molecule has 0 saturated carbocycles.